The Kier molecular flexibility index (Phi) is 10.4. The summed E-state index contributed by atoms with van der Waals surface area (Å²) in [5.74, 6) is -0.0748. The number of imide groups is 1. The van der Waals surface area contributed by atoms with Gasteiger partial charge in [0.05, 0.1) is 0 Å². The van der Waals surface area contributed by atoms with Crippen molar-refractivity contribution >= 4 is 17.8 Å². The smallest absolute Gasteiger partial charge is 0.323 e. The van der Waals surface area contributed by atoms with Crippen LogP contribution in [0.2, 0.25) is 0 Å². The van der Waals surface area contributed by atoms with E-state index in [0.717, 1.165) is 32.1 Å². The number of nitrogens with zero attached hydrogens (tertiary/aromatic N) is 2. The van der Waals surface area contributed by atoms with Crippen molar-refractivity contribution in [3.8, 4) is 0 Å². The van der Waals surface area contributed by atoms with Gasteiger partial charge in [-0.25, -0.2) is 9.80 Å². The van der Waals surface area contributed by atoms with Gasteiger partial charge in [0.25, 0.3) is 5.91 Å². The maximum Gasteiger partial charge on any atom is 0.325 e. The molecule has 2 aliphatic heterocycles. The lowest BCUT2D eigenvalue weighted by Crippen LogP contribution is -2.73. The molecule has 2 fully saturated rings. The standard InChI is InChI=1S/C27H50N4O3/c1-7-9-11-13-15-17-19-30-23(33)27(28-24(30)34)20-25(3,4)31(26(5,6)21-27)29-22(32)18-16-14-12-10-8-2/h7-21H2,1-6H3,(H,28,34)(H,29,32). The van der Waals surface area contributed by atoms with E-state index in [2.05, 4.69) is 24.6 Å². The second-order valence-electron chi connectivity index (χ2n) is 11.7. The number of urea groups is 1. The highest BCUT2D eigenvalue weighted by atomic mass is 16.2. The Labute approximate surface area is 207 Å². The van der Waals surface area contributed by atoms with E-state index in [1.807, 2.05) is 32.7 Å². The Bertz CT molecular complexity index is 686. The van der Waals surface area contributed by atoms with Crippen molar-refractivity contribution in [3.05, 3.63) is 0 Å². The van der Waals surface area contributed by atoms with Crippen molar-refractivity contribution in [2.45, 2.75) is 148 Å². The van der Waals surface area contributed by atoms with E-state index in [-0.39, 0.29) is 17.8 Å². The number of hydrogen-bond acceptors (Lipinski definition) is 4. The van der Waals surface area contributed by atoms with Gasteiger partial charge in [-0.3, -0.25) is 19.9 Å². The first-order chi connectivity index (χ1) is 16.0. The Morgan fingerprint density at radius 2 is 1.32 bits per heavy atom. The summed E-state index contributed by atoms with van der Waals surface area (Å²) in [7, 11) is 0. The van der Waals surface area contributed by atoms with Crippen molar-refractivity contribution in [3.63, 3.8) is 0 Å². The summed E-state index contributed by atoms with van der Waals surface area (Å²) in [5, 5.41) is 5.09. The number of amides is 4. The third-order valence-corrected chi connectivity index (χ3v) is 7.40. The lowest BCUT2D eigenvalue weighted by atomic mass is 9.70. The average Bonchev–Trinajstić information content (AvgIpc) is 2.95. The Morgan fingerprint density at radius 1 is 0.824 bits per heavy atom. The van der Waals surface area contributed by atoms with Crippen LogP contribution in [0.3, 0.4) is 0 Å². The Balaban J connectivity index is 1.99. The topological polar surface area (TPSA) is 81.8 Å². The SMILES string of the molecule is CCCCCCCCN1C(=O)NC2(CC(C)(C)N(NC(=O)CCCCCCC)C(C)(C)C2)C1=O. The molecule has 0 radical (unpaired) electrons. The summed E-state index contributed by atoms with van der Waals surface area (Å²) >= 11 is 0. The van der Waals surface area contributed by atoms with Gasteiger partial charge in [0.15, 0.2) is 0 Å². The number of carbonyl (C=O) groups excluding carboxylic acids is 3. The van der Waals surface area contributed by atoms with E-state index >= 15 is 0 Å². The Hall–Kier alpha value is -1.63. The molecule has 0 saturated carbocycles. The Morgan fingerprint density at radius 3 is 1.88 bits per heavy atom. The predicted molar refractivity (Wildman–Crippen MR) is 137 cm³/mol. The zero-order valence-corrected chi connectivity index (χ0v) is 22.7. The molecule has 7 heteroatoms. The minimum atomic E-state index is -0.909. The summed E-state index contributed by atoms with van der Waals surface area (Å²) in [6, 6.07) is -0.269. The molecule has 2 saturated heterocycles. The molecule has 0 bridgehead atoms. The van der Waals surface area contributed by atoms with Crippen LogP contribution in [0, 0.1) is 0 Å². The number of rotatable bonds is 14. The summed E-state index contributed by atoms with van der Waals surface area (Å²) in [6.07, 6.45) is 13.7. The fourth-order valence-electron chi connectivity index (χ4n) is 6.06. The van der Waals surface area contributed by atoms with E-state index in [1.54, 1.807) is 0 Å². The van der Waals surface area contributed by atoms with Crippen LogP contribution in [0.1, 0.15) is 131 Å². The number of hydrogen-bond donors (Lipinski definition) is 2. The van der Waals surface area contributed by atoms with Gasteiger partial charge in [-0.1, -0.05) is 71.6 Å². The molecule has 0 aromatic carbocycles. The normalized spacial score (nSPS) is 21.2. The minimum absolute atomic E-state index is 0.0279. The van der Waals surface area contributed by atoms with Crippen LogP contribution in [0.15, 0.2) is 0 Å². The van der Waals surface area contributed by atoms with Gasteiger partial charge >= 0.3 is 6.03 Å². The highest BCUT2D eigenvalue weighted by molar-refractivity contribution is 6.07. The number of hydrazine groups is 1. The molecule has 0 aliphatic carbocycles. The van der Waals surface area contributed by atoms with E-state index in [4.69, 9.17) is 0 Å². The second kappa shape index (κ2) is 12.4. The summed E-state index contributed by atoms with van der Waals surface area (Å²) < 4.78 is 0. The van der Waals surface area contributed by atoms with Gasteiger partial charge in [0, 0.05) is 24.0 Å². The fourth-order valence-corrected chi connectivity index (χ4v) is 6.06. The van der Waals surface area contributed by atoms with Crippen molar-refractivity contribution in [1.29, 1.82) is 0 Å². The number of nitrogens with one attached hydrogen (secondary N) is 2. The third kappa shape index (κ3) is 7.19. The monoisotopic (exact) mass is 478 g/mol. The lowest BCUT2D eigenvalue weighted by Gasteiger charge is -2.57. The second-order valence-corrected chi connectivity index (χ2v) is 11.7. The molecular weight excluding hydrogens is 428 g/mol. The van der Waals surface area contributed by atoms with E-state index in [1.165, 1.54) is 43.4 Å². The molecule has 0 aromatic rings. The maximum atomic E-state index is 13.5. The maximum absolute atomic E-state index is 13.5. The fraction of sp³-hybridized carbons (Fsp3) is 0.889. The molecule has 196 valence electrons. The molecule has 2 N–H and O–H groups in total. The van der Waals surface area contributed by atoms with Crippen molar-refractivity contribution in [1.82, 2.24) is 20.7 Å². The summed E-state index contributed by atoms with van der Waals surface area (Å²) in [5.41, 5.74) is 1.27. The van der Waals surface area contributed by atoms with Crippen LogP contribution in [-0.4, -0.2) is 50.9 Å². The van der Waals surface area contributed by atoms with Crippen LogP contribution in [0.4, 0.5) is 4.79 Å². The van der Waals surface area contributed by atoms with Gasteiger partial charge in [-0.15, -0.1) is 0 Å². The molecule has 34 heavy (non-hydrogen) atoms. The molecule has 0 aromatic heterocycles. The largest absolute Gasteiger partial charge is 0.325 e. The molecule has 0 atom stereocenters. The number of carbonyl (C=O) groups is 3. The summed E-state index contributed by atoms with van der Waals surface area (Å²) in [6.45, 7) is 13.1. The van der Waals surface area contributed by atoms with Crippen LogP contribution in [0.5, 0.6) is 0 Å². The van der Waals surface area contributed by atoms with E-state index < -0.39 is 16.6 Å². The molecule has 2 aliphatic rings. The minimum Gasteiger partial charge on any atom is -0.323 e. The van der Waals surface area contributed by atoms with Crippen molar-refractivity contribution in [2.24, 2.45) is 0 Å². The van der Waals surface area contributed by atoms with Crippen LogP contribution in [0.25, 0.3) is 0 Å². The third-order valence-electron chi connectivity index (χ3n) is 7.40. The van der Waals surface area contributed by atoms with Gasteiger partial charge in [0.1, 0.15) is 5.54 Å². The quantitative estimate of drug-likeness (QED) is 0.248. The highest BCUT2D eigenvalue weighted by Gasteiger charge is 2.61. The molecule has 0 unspecified atom stereocenters. The summed E-state index contributed by atoms with van der Waals surface area (Å²) in [4.78, 5) is 40.5. The van der Waals surface area contributed by atoms with Crippen molar-refractivity contribution in [2.75, 3.05) is 6.54 Å². The van der Waals surface area contributed by atoms with Crippen molar-refractivity contribution < 1.29 is 14.4 Å². The van der Waals surface area contributed by atoms with Gasteiger partial charge in [0.2, 0.25) is 5.91 Å². The first kappa shape index (κ1) is 28.6. The van der Waals surface area contributed by atoms with Crippen LogP contribution < -0.4 is 10.7 Å². The predicted octanol–water partition coefficient (Wildman–Crippen LogP) is 5.68. The lowest BCUT2D eigenvalue weighted by molar-refractivity contribution is -0.153. The molecule has 2 rings (SSSR count). The van der Waals surface area contributed by atoms with Gasteiger partial charge in [-0.2, -0.15) is 0 Å². The van der Waals surface area contributed by atoms with E-state index in [0.29, 0.717) is 25.8 Å². The number of unbranched alkanes of at least 4 members (excludes halogenated alkanes) is 9. The van der Waals surface area contributed by atoms with Crippen LogP contribution >= 0.6 is 0 Å². The first-order valence-electron chi connectivity index (χ1n) is 13.7. The first-order valence-corrected chi connectivity index (χ1v) is 13.7. The number of piperidine rings is 1. The zero-order chi connectivity index (χ0) is 25.4. The molecule has 7 nitrogen and oxygen atoms in total. The van der Waals surface area contributed by atoms with Gasteiger partial charge < -0.3 is 5.32 Å². The van der Waals surface area contributed by atoms with E-state index in [9.17, 15) is 14.4 Å². The molecular formula is C27H50N4O3. The zero-order valence-electron chi connectivity index (χ0n) is 22.7. The average molecular weight is 479 g/mol. The molecule has 4 amide bonds. The van der Waals surface area contributed by atoms with Gasteiger partial charge in [-0.05, 0) is 53.4 Å². The van der Waals surface area contributed by atoms with Crippen LogP contribution in [-0.2, 0) is 9.59 Å². The molecule has 2 heterocycles. The molecule has 1 spiro atoms. The highest BCUT2D eigenvalue weighted by Crippen LogP contribution is 2.45.